The molecule has 6 nitrogen and oxygen atoms in total. The summed E-state index contributed by atoms with van der Waals surface area (Å²) in [6, 6.07) is 9.85. The van der Waals surface area contributed by atoms with Crippen LogP contribution in [0.4, 0.5) is 5.69 Å². The van der Waals surface area contributed by atoms with Crippen LogP contribution >= 0.6 is 0 Å². The molecule has 0 bridgehead atoms. The van der Waals surface area contributed by atoms with E-state index in [1.54, 1.807) is 36.4 Å². The minimum atomic E-state index is -3.51. The lowest BCUT2D eigenvalue weighted by atomic mass is 10.1. The van der Waals surface area contributed by atoms with Crippen molar-refractivity contribution in [1.29, 1.82) is 0 Å². The van der Waals surface area contributed by atoms with E-state index in [0.717, 1.165) is 22.4 Å². The first-order valence-electron chi connectivity index (χ1n) is 7.73. The molecule has 0 amide bonds. The molecule has 0 heterocycles. The topological polar surface area (TPSA) is 86.7 Å². The molecule has 0 aliphatic heterocycles. The number of aryl methyl sites for hydroxylation is 1. The zero-order chi connectivity index (χ0) is 18.8. The predicted octanol–water partition coefficient (Wildman–Crippen LogP) is 2.86. The average molecular weight is 362 g/mol. The summed E-state index contributed by atoms with van der Waals surface area (Å²) < 4.78 is 25.9. The minimum Gasteiger partial charge on any atom is -0.478 e. The lowest BCUT2D eigenvalue weighted by Gasteiger charge is -2.17. The van der Waals surface area contributed by atoms with E-state index >= 15 is 0 Å². The standard InChI is InChI=1S/C18H22N2O4S/c1-12-9-16(25(23,24)20(3)4)10-17(13(12)2)19-11-14-5-7-15(8-6-14)18(21)22/h5-10,19H,11H2,1-4H3,(H,21,22). The van der Waals surface area contributed by atoms with E-state index in [4.69, 9.17) is 5.11 Å². The fourth-order valence-electron chi connectivity index (χ4n) is 2.33. The molecule has 0 spiro atoms. The molecular weight excluding hydrogens is 340 g/mol. The highest BCUT2D eigenvalue weighted by Crippen LogP contribution is 2.26. The highest BCUT2D eigenvalue weighted by molar-refractivity contribution is 7.89. The van der Waals surface area contributed by atoms with Crippen molar-refractivity contribution < 1.29 is 18.3 Å². The van der Waals surface area contributed by atoms with E-state index in [9.17, 15) is 13.2 Å². The van der Waals surface area contributed by atoms with E-state index in [1.807, 2.05) is 13.8 Å². The third kappa shape index (κ3) is 4.18. The number of nitrogens with one attached hydrogen (secondary N) is 1. The zero-order valence-electron chi connectivity index (χ0n) is 14.7. The van der Waals surface area contributed by atoms with Gasteiger partial charge in [0.05, 0.1) is 10.5 Å². The average Bonchev–Trinajstić information content (AvgIpc) is 2.56. The van der Waals surface area contributed by atoms with Gasteiger partial charge >= 0.3 is 5.97 Å². The van der Waals surface area contributed by atoms with Crippen molar-refractivity contribution in [3.05, 3.63) is 58.7 Å². The first-order valence-corrected chi connectivity index (χ1v) is 9.17. The highest BCUT2D eigenvalue weighted by atomic mass is 32.2. The Bertz CT molecular complexity index is 888. The van der Waals surface area contributed by atoms with Gasteiger partial charge in [0.2, 0.25) is 10.0 Å². The number of hydrogen-bond acceptors (Lipinski definition) is 4. The predicted molar refractivity (Wildman–Crippen MR) is 97.5 cm³/mol. The Morgan fingerprint density at radius 1 is 1.12 bits per heavy atom. The van der Waals surface area contributed by atoms with Crippen LogP contribution < -0.4 is 5.32 Å². The molecule has 2 aromatic rings. The second-order valence-electron chi connectivity index (χ2n) is 6.06. The van der Waals surface area contributed by atoms with Gasteiger partial charge in [0.15, 0.2) is 0 Å². The molecule has 0 unspecified atom stereocenters. The lowest BCUT2D eigenvalue weighted by Crippen LogP contribution is -2.22. The van der Waals surface area contributed by atoms with Crippen LogP contribution in [0.1, 0.15) is 27.0 Å². The Labute approximate surface area is 148 Å². The molecule has 7 heteroatoms. The summed E-state index contributed by atoms with van der Waals surface area (Å²) >= 11 is 0. The molecule has 0 saturated carbocycles. The van der Waals surface area contributed by atoms with E-state index < -0.39 is 16.0 Å². The van der Waals surface area contributed by atoms with Gasteiger partial charge in [-0.2, -0.15) is 0 Å². The zero-order valence-corrected chi connectivity index (χ0v) is 15.5. The number of hydrogen-bond donors (Lipinski definition) is 2. The number of benzene rings is 2. The van der Waals surface area contributed by atoms with Crippen molar-refractivity contribution >= 4 is 21.7 Å². The number of carboxylic acids is 1. The summed E-state index contributed by atoms with van der Waals surface area (Å²) in [7, 11) is -0.505. The summed E-state index contributed by atoms with van der Waals surface area (Å²) in [5.74, 6) is -0.965. The summed E-state index contributed by atoms with van der Waals surface area (Å²) in [5, 5.41) is 12.2. The van der Waals surface area contributed by atoms with Crippen LogP contribution in [0.25, 0.3) is 0 Å². The number of aromatic carboxylic acids is 1. The number of sulfonamides is 1. The van der Waals surface area contributed by atoms with Crippen LogP contribution in [-0.2, 0) is 16.6 Å². The first kappa shape index (κ1) is 19.0. The number of rotatable bonds is 6. The molecular formula is C18H22N2O4S. The molecule has 0 saturated heterocycles. The fourth-order valence-corrected chi connectivity index (χ4v) is 3.35. The van der Waals surface area contributed by atoms with Crippen molar-refractivity contribution in [2.24, 2.45) is 0 Å². The molecule has 0 atom stereocenters. The third-order valence-electron chi connectivity index (χ3n) is 4.10. The molecule has 25 heavy (non-hydrogen) atoms. The van der Waals surface area contributed by atoms with Crippen LogP contribution in [0.5, 0.6) is 0 Å². The highest BCUT2D eigenvalue weighted by Gasteiger charge is 2.19. The van der Waals surface area contributed by atoms with Gasteiger partial charge in [-0.25, -0.2) is 17.5 Å². The van der Waals surface area contributed by atoms with Gasteiger partial charge in [0.25, 0.3) is 0 Å². The molecule has 2 rings (SSSR count). The normalized spacial score (nSPS) is 11.6. The maximum absolute atomic E-state index is 12.4. The summed E-state index contributed by atoms with van der Waals surface area (Å²) in [4.78, 5) is 11.1. The van der Waals surface area contributed by atoms with Crippen LogP contribution in [0.3, 0.4) is 0 Å². The molecule has 0 aliphatic carbocycles. The van der Waals surface area contributed by atoms with Crippen LogP contribution in [0, 0.1) is 13.8 Å². The number of anilines is 1. The van der Waals surface area contributed by atoms with Gasteiger partial charge in [0, 0.05) is 26.3 Å². The van der Waals surface area contributed by atoms with E-state index in [0.29, 0.717) is 6.54 Å². The quantitative estimate of drug-likeness (QED) is 0.825. The van der Waals surface area contributed by atoms with E-state index in [-0.39, 0.29) is 10.5 Å². The van der Waals surface area contributed by atoms with Crippen LogP contribution in [0.2, 0.25) is 0 Å². The first-order chi connectivity index (χ1) is 11.6. The van der Waals surface area contributed by atoms with Gasteiger partial charge < -0.3 is 10.4 Å². The van der Waals surface area contributed by atoms with Crippen molar-refractivity contribution in [3.63, 3.8) is 0 Å². The smallest absolute Gasteiger partial charge is 0.335 e. The number of carboxylic acid groups (broad SMARTS) is 1. The molecule has 0 fully saturated rings. The van der Waals surface area contributed by atoms with Gasteiger partial charge in [0.1, 0.15) is 0 Å². The summed E-state index contributed by atoms with van der Waals surface area (Å²) in [6.45, 7) is 4.26. The minimum absolute atomic E-state index is 0.231. The fraction of sp³-hybridized carbons (Fsp3) is 0.278. The van der Waals surface area contributed by atoms with Gasteiger partial charge in [-0.1, -0.05) is 12.1 Å². The lowest BCUT2D eigenvalue weighted by molar-refractivity contribution is 0.0697. The number of nitrogens with zero attached hydrogens (tertiary/aromatic N) is 1. The van der Waals surface area contributed by atoms with Crippen LogP contribution in [-0.4, -0.2) is 37.9 Å². The molecule has 2 aromatic carbocycles. The molecule has 134 valence electrons. The maximum Gasteiger partial charge on any atom is 0.335 e. The molecule has 2 N–H and O–H groups in total. The Hall–Kier alpha value is -2.38. The maximum atomic E-state index is 12.4. The van der Waals surface area contributed by atoms with Gasteiger partial charge in [-0.05, 0) is 54.8 Å². The second kappa shape index (κ2) is 7.25. The Balaban J connectivity index is 2.27. The van der Waals surface area contributed by atoms with Crippen LogP contribution in [0.15, 0.2) is 41.3 Å². The van der Waals surface area contributed by atoms with Crippen molar-refractivity contribution in [2.75, 3.05) is 19.4 Å². The van der Waals surface area contributed by atoms with E-state index in [1.165, 1.54) is 18.4 Å². The molecule has 0 aliphatic rings. The third-order valence-corrected chi connectivity index (χ3v) is 5.90. The largest absolute Gasteiger partial charge is 0.478 e. The Kier molecular flexibility index (Phi) is 5.49. The Morgan fingerprint density at radius 3 is 2.24 bits per heavy atom. The van der Waals surface area contributed by atoms with E-state index in [2.05, 4.69) is 5.32 Å². The molecule has 0 radical (unpaired) electrons. The van der Waals surface area contributed by atoms with Gasteiger partial charge in [-0.3, -0.25) is 0 Å². The van der Waals surface area contributed by atoms with Gasteiger partial charge in [-0.15, -0.1) is 0 Å². The second-order valence-corrected chi connectivity index (χ2v) is 8.21. The van der Waals surface area contributed by atoms with Crippen molar-refractivity contribution in [1.82, 2.24) is 4.31 Å². The van der Waals surface area contributed by atoms with Crippen molar-refractivity contribution in [2.45, 2.75) is 25.3 Å². The van der Waals surface area contributed by atoms with Crippen molar-refractivity contribution in [3.8, 4) is 0 Å². The summed E-state index contributed by atoms with van der Waals surface area (Å²) in [5.41, 5.74) is 3.73. The SMILES string of the molecule is Cc1cc(S(=O)(=O)N(C)C)cc(NCc2ccc(C(=O)O)cc2)c1C. The summed E-state index contributed by atoms with van der Waals surface area (Å²) in [6.07, 6.45) is 0. The number of carbonyl (C=O) groups is 1. The molecule has 0 aromatic heterocycles. The monoisotopic (exact) mass is 362 g/mol. The Morgan fingerprint density at radius 2 is 1.72 bits per heavy atom.